The summed E-state index contributed by atoms with van der Waals surface area (Å²) in [6.45, 7) is 17.6. The number of rotatable bonds is 14. The van der Waals surface area contributed by atoms with Gasteiger partial charge in [0.05, 0.1) is 37.6 Å². The number of aliphatic hydroxyl groups is 2. The van der Waals surface area contributed by atoms with Crippen molar-refractivity contribution in [2.24, 2.45) is 35.5 Å². The fourth-order valence-electron chi connectivity index (χ4n) is 12.2. The number of likely N-dealkylation sites (tertiary alicyclic amines) is 1. The first-order chi connectivity index (χ1) is 36.8. The van der Waals surface area contributed by atoms with Crippen molar-refractivity contribution in [3.05, 3.63) is 47.6 Å². The van der Waals surface area contributed by atoms with Gasteiger partial charge in [0.2, 0.25) is 5.79 Å². The molecule has 15 atom stereocenters. The van der Waals surface area contributed by atoms with Crippen LogP contribution in [0.4, 0.5) is 0 Å². The van der Waals surface area contributed by atoms with Crippen LogP contribution in [-0.2, 0) is 57.1 Å². The third-order valence-electron chi connectivity index (χ3n) is 17.2. The summed E-state index contributed by atoms with van der Waals surface area (Å²) in [6.07, 6.45) is 17.3. The van der Waals surface area contributed by atoms with Gasteiger partial charge in [-0.05, 0) is 139 Å². The van der Waals surface area contributed by atoms with E-state index in [1.807, 2.05) is 58.1 Å². The van der Waals surface area contributed by atoms with Crippen molar-refractivity contribution >= 4 is 29.2 Å². The van der Waals surface area contributed by atoms with Gasteiger partial charge in [0.25, 0.3) is 11.7 Å². The van der Waals surface area contributed by atoms with Crippen molar-refractivity contribution in [2.75, 3.05) is 67.3 Å². The van der Waals surface area contributed by atoms with Crippen LogP contribution in [-0.4, -0.2) is 171 Å². The van der Waals surface area contributed by atoms with Crippen LogP contribution >= 0.6 is 0 Å². The molecule has 0 aromatic heterocycles. The number of piperidine rings is 2. The molecule has 0 aromatic rings. The minimum absolute atomic E-state index is 0.00711. The average Bonchev–Trinajstić information content (AvgIpc) is 3.43. The summed E-state index contributed by atoms with van der Waals surface area (Å²) in [5.74, 6) is -7.85. The number of ether oxygens (including phenoxy) is 7. The van der Waals surface area contributed by atoms with Gasteiger partial charge in [0.15, 0.2) is 5.78 Å². The molecule has 0 aromatic carbocycles. The summed E-state index contributed by atoms with van der Waals surface area (Å²) in [7, 11) is 4.70. The number of allylic oxidation sites excluding steroid dienone is 6. The van der Waals surface area contributed by atoms with Crippen molar-refractivity contribution in [3.8, 4) is 0 Å². The molecule has 2 N–H and O–H groups in total. The van der Waals surface area contributed by atoms with Crippen molar-refractivity contribution in [1.82, 2.24) is 9.80 Å². The van der Waals surface area contributed by atoms with Gasteiger partial charge in [-0.25, -0.2) is 4.79 Å². The van der Waals surface area contributed by atoms with Gasteiger partial charge in [-0.1, -0.05) is 77.5 Å². The standard InChI is InChI=1S/C61H98N2O14/c1-40-20-13-11-14-21-41(2)52(75-33-32-71-8)38-48-25-23-46(7)61(70,77-48)58(67)59(68)63-30-18-15-22-49(63)60(69)76-53(39-50(64)42(3)35-45(6)56(66)57(73-10)55(65)44(5)34-40)43(4)36-47-24-26-51(54(37-47)72-9)74-31-19-29-62-27-16-12-17-28-62/h11,13-14,20-21,35,40,42-44,46-49,51-54,56-57,66,70H,12,15-19,22-34,36-39H2,1-10H3/b14-11+,20-13+,41-21+,45-35+/t40-,42-,43-,44-,46-,47+,48+,49?,51-,52+,53+,54-,56-,57+,61-/m1/s1. The topological polar surface area (TPSA) is 197 Å². The Kier molecular flexibility index (Phi) is 26.8. The number of nitrogens with zero attached hydrogens (tertiary/aromatic N) is 2. The van der Waals surface area contributed by atoms with Gasteiger partial charge in [-0.15, -0.1) is 0 Å². The Labute approximate surface area is 461 Å². The molecule has 4 aliphatic heterocycles. The summed E-state index contributed by atoms with van der Waals surface area (Å²) < 4.78 is 42.3. The Bertz CT molecular complexity index is 2020. The third-order valence-corrected chi connectivity index (χ3v) is 17.2. The van der Waals surface area contributed by atoms with Crippen LogP contribution in [0.15, 0.2) is 47.6 Å². The molecule has 5 rings (SSSR count). The Hall–Kier alpha value is -3.45. The molecular weight excluding hydrogens is 985 g/mol. The number of fused-ring (bicyclic) bond motifs is 3. The highest BCUT2D eigenvalue weighted by molar-refractivity contribution is 6.39. The summed E-state index contributed by atoms with van der Waals surface area (Å²) in [5.41, 5.74) is 1.27. The van der Waals surface area contributed by atoms with Crippen molar-refractivity contribution < 1.29 is 67.3 Å². The maximum atomic E-state index is 14.7. The van der Waals surface area contributed by atoms with E-state index >= 15 is 0 Å². The number of aliphatic hydroxyl groups excluding tert-OH is 1. The Morgan fingerprint density at radius 1 is 0.779 bits per heavy atom. The number of methoxy groups -OCH3 is 3. The number of esters is 1. The molecule has 5 aliphatic rings. The van der Waals surface area contributed by atoms with E-state index in [4.69, 9.17) is 33.2 Å². The van der Waals surface area contributed by atoms with E-state index in [-0.39, 0.29) is 73.9 Å². The van der Waals surface area contributed by atoms with Crippen LogP contribution in [0, 0.1) is 35.5 Å². The number of Topliss-reactive ketones (excluding diaryl/α,β-unsaturated/α-hetero) is 3. The smallest absolute Gasteiger partial charge is 0.329 e. The fourth-order valence-corrected chi connectivity index (χ4v) is 12.2. The van der Waals surface area contributed by atoms with Crippen molar-refractivity contribution in [1.29, 1.82) is 0 Å². The van der Waals surface area contributed by atoms with E-state index in [1.165, 1.54) is 31.3 Å². The van der Waals surface area contributed by atoms with E-state index in [0.29, 0.717) is 57.3 Å². The zero-order chi connectivity index (χ0) is 56.2. The van der Waals surface area contributed by atoms with Crippen molar-refractivity contribution in [2.45, 2.75) is 206 Å². The van der Waals surface area contributed by atoms with E-state index in [2.05, 4.69) is 4.90 Å². The second-order valence-corrected chi connectivity index (χ2v) is 23.3. The van der Waals surface area contributed by atoms with E-state index in [9.17, 15) is 34.2 Å². The number of hydrogen-bond donors (Lipinski definition) is 2. The maximum Gasteiger partial charge on any atom is 0.329 e. The average molecular weight is 1080 g/mol. The molecular formula is C61H98N2O14. The van der Waals surface area contributed by atoms with Gasteiger partial charge in [0.1, 0.15) is 30.1 Å². The first kappa shape index (κ1) is 64.4. The minimum Gasteiger partial charge on any atom is -0.460 e. The Morgan fingerprint density at radius 3 is 2.23 bits per heavy atom. The normalized spacial score (nSPS) is 37.4. The van der Waals surface area contributed by atoms with Crippen LogP contribution < -0.4 is 0 Å². The van der Waals surface area contributed by atoms with Crippen LogP contribution in [0.25, 0.3) is 0 Å². The van der Waals surface area contributed by atoms with Gasteiger partial charge in [0, 0.05) is 71.6 Å². The van der Waals surface area contributed by atoms with Crippen molar-refractivity contribution in [3.63, 3.8) is 0 Å². The zero-order valence-electron chi connectivity index (χ0n) is 48.5. The number of carbonyl (C=O) groups is 5. The predicted molar refractivity (Wildman–Crippen MR) is 295 cm³/mol. The predicted octanol–water partition coefficient (Wildman–Crippen LogP) is 8.10. The number of ketones is 3. The summed E-state index contributed by atoms with van der Waals surface area (Å²) in [6, 6.07) is -1.14. The lowest BCUT2D eigenvalue weighted by Gasteiger charge is -2.43. The summed E-state index contributed by atoms with van der Waals surface area (Å²) in [5, 5.41) is 23.7. The molecule has 4 fully saturated rings. The van der Waals surface area contributed by atoms with E-state index in [0.717, 1.165) is 50.9 Å². The Balaban J connectivity index is 1.42. The largest absolute Gasteiger partial charge is 0.460 e. The zero-order valence-corrected chi connectivity index (χ0v) is 48.5. The molecule has 1 amide bonds. The summed E-state index contributed by atoms with van der Waals surface area (Å²) in [4.78, 5) is 75.6. The lowest BCUT2D eigenvalue weighted by Crippen LogP contribution is -2.61. The molecule has 0 spiro atoms. The lowest BCUT2D eigenvalue weighted by molar-refractivity contribution is -0.266. The minimum atomic E-state index is -2.45. The summed E-state index contributed by atoms with van der Waals surface area (Å²) >= 11 is 0. The highest BCUT2D eigenvalue weighted by atomic mass is 16.6. The van der Waals surface area contributed by atoms with Gasteiger partial charge >= 0.3 is 5.97 Å². The first-order valence-corrected chi connectivity index (χ1v) is 29.2. The number of hydrogen-bond acceptors (Lipinski definition) is 15. The number of carbonyl (C=O) groups excluding carboxylic acids is 5. The molecule has 16 heteroatoms. The van der Waals surface area contributed by atoms with E-state index in [1.54, 1.807) is 41.1 Å². The van der Waals surface area contributed by atoms with Gasteiger partial charge in [-0.3, -0.25) is 19.2 Å². The lowest BCUT2D eigenvalue weighted by atomic mass is 9.78. The number of cyclic esters (lactones) is 1. The third kappa shape index (κ3) is 18.8. The monoisotopic (exact) mass is 1080 g/mol. The molecule has 436 valence electrons. The molecule has 0 radical (unpaired) electrons. The SMILES string of the molecule is COCCO[C@H]1C[C@@H]2CC[C@@H](C)[C@@](O)(O2)C(=O)C(=O)N2CCCCC2C(=O)O[C@H]([C@H](C)C[C@@H]2CC[C@@H](OCCCN3CCCCC3)[C@H](OC)C2)CC(=O)[C@H](C)/C=C(\C)[C@@H](O)[C@@H](OC)C(=O)[C@H](C)C[C@H](C)/C=C/C=C/C=C/1C. The first-order valence-electron chi connectivity index (χ1n) is 29.2. The molecule has 1 aliphatic carbocycles. The van der Waals surface area contributed by atoms with Crippen LogP contribution in [0.1, 0.15) is 151 Å². The van der Waals surface area contributed by atoms with Crippen LogP contribution in [0.2, 0.25) is 0 Å². The molecule has 1 unspecified atom stereocenters. The number of amides is 1. The quantitative estimate of drug-likeness (QED) is 0.0732. The van der Waals surface area contributed by atoms with Gasteiger partial charge in [-0.2, -0.15) is 0 Å². The van der Waals surface area contributed by atoms with Gasteiger partial charge < -0.3 is 53.2 Å². The Morgan fingerprint density at radius 2 is 1.52 bits per heavy atom. The fraction of sp³-hybridized carbons (Fsp3) is 0.787. The molecule has 1 saturated carbocycles. The van der Waals surface area contributed by atoms with Crippen LogP contribution in [0.3, 0.4) is 0 Å². The molecule has 77 heavy (non-hydrogen) atoms. The molecule has 2 bridgehead atoms. The molecule has 16 nitrogen and oxygen atoms in total. The molecule has 4 heterocycles. The van der Waals surface area contributed by atoms with Crippen LogP contribution in [0.5, 0.6) is 0 Å². The van der Waals surface area contributed by atoms with E-state index < -0.39 is 77.8 Å². The highest BCUT2D eigenvalue weighted by Crippen LogP contribution is 2.38. The molecule has 3 saturated heterocycles. The maximum absolute atomic E-state index is 14.7. The second kappa shape index (κ2) is 32.1. The second-order valence-electron chi connectivity index (χ2n) is 23.3. The highest BCUT2D eigenvalue weighted by Gasteiger charge is 2.53.